The predicted octanol–water partition coefficient (Wildman–Crippen LogP) is 3.24. The maximum atomic E-state index is 12.2. The first-order chi connectivity index (χ1) is 11.4. The fourth-order valence-corrected chi connectivity index (χ4v) is 2.10. The van der Waals surface area contributed by atoms with E-state index >= 15 is 0 Å². The second-order valence-electron chi connectivity index (χ2n) is 4.93. The number of ether oxygens (including phenoxy) is 2. The number of carbonyl (C=O) groups excluding carboxylic acids is 2. The van der Waals surface area contributed by atoms with Crippen LogP contribution in [-0.4, -0.2) is 30.2 Å². The van der Waals surface area contributed by atoms with Crippen molar-refractivity contribution in [1.82, 2.24) is 0 Å². The van der Waals surface area contributed by atoms with Crippen LogP contribution in [-0.2, 0) is 9.53 Å². The molecule has 0 aromatic heterocycles. The minimum Gasteiger partial charge on any atom is -0.508 e. The Morgan fingerprint density at radius 3 is 2.62 bits per heavy atom. The molecule has 126 valence electrons. The van der Waals surface area contributed by atoms with Gasteiger partial charge in [-0.2, -0.15) is 0 Å². The number of hydrogen-bond donors (Lipinski definition) is 2. The molecule has 1 amide bonds. The zero-order valence-electron chi connectivity index (χ0n) is 13.1. The van der Waals surface area contributed by atoms with Gasteiger partial charge in [0.15, 0.2) is 6.10 Å². The van der Waals surface area contributed by atoms with E-state index in [-0.39, 0.29) is 11.3 Å². The third-order valence-corrected chi connectivity index (χ3v) is 3.39. The SMILES string of the molecule is COc1ccc(Cl)cc1NC(=O)[C@H](C)OC(=O)c1cccc(O)c1. The molecule has 6 nitrogen and oxygen atoms in total. The van der Waals surface area contributed by atoms with Crippen molar-refractivity contribution in [2.45, 2.75) is 13.0 Å². The molecule has 0 aliphatic heterocycles. The number of aromatic hydroxyl groups is 1. The van der Waals surface area contributed by atoms with Crippen LogP contribution in [0, 0.1) is 0 Å². The minimum absolute atomic E-state index is 0.0646. The number of methoxy groups -OCH3 is 1. The van der Waals surface area contributed by atoms with Crippen molar-refractivity contribution in [1.29, 1.82) is 0 Å². The lowest BCUT2D eigenvalue weighted by Crippen LogP contribution is -2.30. The lowest BCUT2D eigenvalue weighted by molar-refractivity contribution is -0.123. The van der Waals surface area contributed by atoms with Gasteiger partial charge in [0.05, 0.1) is 18.4 Å². The van der Waals surface area contributed by atoms with E-state index in [0.717, 1.165) is 0 Å². The van der Waals surface area contributed by atoms with E-state index in [9.17, 15) is 14.7 Å². The van der Waals surface area contributed by atoms with Crippen LogP contribution in [0.5, 0.6) is 11.5 Å². The fourth-order valence-electron chi connectivity index (χ4n) is 1.93. The number of phenols is 1. The molecule has 7 heteroatoms. The third kappa shape index (κ3) is 4.39. The Labute approximate surface area is 144 Å². The molecular weight excluding hydrogens is 334 g/mol. The maximum Gasteiger partial charge on any atom is 0.339 e. The molecule has 0 spiro atoms. The first-order valence-electron chi connectivity index (χ1n) is 7.05. The molecule has 0 aliphatic carbocycles. The first kappa shape index (κ1) is 17.6. The number of phenolic OH excluding ortho intramolecular Hbond substituents is 1. The largest absolute Gasteiger partial charge is 0.508 e. The Kier molecular flexibility index (Phi) is 5.65. The highest BCUT2D eigenvalue weighted by Gasteiger charge is 2.20. The van der Waals surface area contributed by atoms with Gasteiger partial charge in [-0.3, -0.25) is 4.79 Å². The highest BCUT2D eigenvalue weighted by molar-refractivity contribution is 6.31. The minimum atomic E-state index is -1.05. The van der Waals surface area contributed by atoms with E-state index in [4.69, 9.17) is 21.1 Å². The summed E-state index contributed by atoms with van der Waals surface area (Å²) in [5.41, 5.74) is 0.519. The molecule has 0 aliphatic rings. The number of anilines is 1. The molecule has 2 N–H and O–H groups in total. The summed E-state index contributed by atoms with van der Waals surface area (Å²) in [5.74, 6) is -0.889. The third-order valence-electron chi connectivity index (χ3n) is 3.15. The summed E-state index contributed by atoms with van der Waals surface area (Å²) in [7, 11) is 1.46. The van der Waals surface area contributed by atoms with Gasteiger partial charge in [-0.25, -0.2) is 4.79 Å². The van der Waals surface area contributed by atoms with Crippen LogP contribution in [0.2, 0.25) is 5.02 Å². The average Bonchev–Trinajstić information content (AvgIpc) is 2.55. The van der Waals surface area contributed by atoms with Gasteiger partial charge < -0.3 is 19.9 Å². The number of nitrogens with one attached hydrogen (secondary N) is 1. The van der Waals surface area contributed by atoms with Crippen LogP contribution in [0.4, 0.5) is 5.69 Å². The van der Waals surface area contributed by atoms with Crippen molar-refractivity contribution in [3.8, 4) is 11.5 Å². The van der Waals surface area contributed by atoms with Crippen LogP contribution in [0.25, 0.3) is 0 Å². The molecule has 0 saturated heterocycles. The number of esters is 1. The van der Waals surface area contributed by atoms with E-state index in [1.807, 2.05) is 0 Å². The topological polar surface area (TPSA) is 84.9 Å². The smallest absolute Gasteiger partial charge is 0.339 e. The van der Waals surface area contributed by atoms with Crippen LogP contribution >= 0.6 is 11.6 Å². The number of rotatable bonds is 5. The van der Waals surface area contributed by atoms with Crippen molar-refractivity contribution in [2.75, 3.05) is 12.4 Å². The summed E-state index contributed by atoms with van der Waals surface area (Å²) in [4.78, 5) is 24.2. The Morgan fingerprint density at radius 1 is 1.21 bits per heavy atom. The summed E-state index contributed by atoms with van der Waals surface area (Å²) < 4.78 is 10.2. The lowest BCUT2D eigenvalue weighted by atomic mass is 10.2. The molecule has 24 heavy (non-hydrogen) atoms. The van der Waals surface area contributed by atoms with Crippen molar-refractivity contribution >= 4 is 29.2 Å². The molecule has 0 saturated carbocycles. The van der Waals surface area contributed by atoms with Gasteiger partial charge in [0.1, 0.15) is 11.5 Å². The summed E-state index contributed by atoms with van der Waals surface area (Å²) in [6.45, 7) is 1.44. The summed E-state index contributed by atoms with van der Waals surface area (Å²) >= 11 is 5.90. The quantitative estimate of drug-likeness (QED) is 0.809. The Bertz CT molecular complexity index is 762. The van der Waals surface area contributed by atoms with Crippen molar-refractivity contribution in [3.63, 3.8) is 0 Å². The monoisotopic (exact) mass is 349 g/mol. The van der Waals surface area contributed by atoms with Gasteiger partial charge >= 0.3 is 5.97 Å². The van der Waals surface area contributed by atoms with E-state index in [0.29, 0.717) is 16.5 Å². The molecule has 0 radical (unpaired) electrons. The van der Waals surface area contributed by atoms with Gasteiger partial charge in [-0.15, -0.1) is 0 Å². The first-order valence-corrected chi connectivity index (χ1v) is 7.43. The van der Waals surface area contributed by atoms with Gasteiger partial charge in [0, 0.05) is 5.02 Å². The number of carbonyl (C=O) groups is 2. The van der Waals surface area contributed by atoms with Crippen molar-refractivity contribution in [3.05, 3.63) is 53.1 Å². The normalized spacial score (nSPS) is 11.5. The van der Waals surface area contributed by atoms with Gasteiger partial charge in [-0.1, -0.05) is 17.7 Å². The number of benzene rings is 2. The molecule has 2 rings (SSSR count). The highest BCUT2D eigenvalue weighted by Crippen LogP contribution is 2.27. The van der Waals surface area contributed by atoms with Gasteiger partial charge in [0.2, 0.25) is 0 Å². The summed E-state index contributed by atoms with van der Waals surface area (Å²) in [6.07, 6.45) is -1.05. The molecule has 1 atom stereocenters. The van der Waals surface area contributed by atoms with Crippen molar-refractivity contribution in [2.24, 2.45) is 0 Å². The summed E-state index contributed by atoms with van der Waals surface area (Å²) in [5, 5.41) is 12.4. The molecular formula is C17H16ClNO5. The number of halogens is 1. The average molecular weight is 350 g/mol. The molecule has 0 heterocycles. The molecule has 0 bridgehead atoms. The van der Waals surface area contributed by atoms with Gasteiger partial charge in [0.25, 0.3) is 5.91 Å². The second kappa shape index (κ2) is 7.70. The zero-order chi connectivity index (χ0) is 17.7. The Morgan fingerprint density at radius 2 is 1.96 bits per heavy atom. The zero-order valence-corrected chi connectivity index (χ0v) is 13.8. The van der Waals surface area contributed by atoms with Crippen LogP contribution in [0.1, 0.15) is 17.3 Å². The number of hydrogen-bond acceptors (Lipinski definition) is 5. The van der Waals surface area contributed by atoms with E-state index in [2.05, 4.69) is 5.32 Å². The van der Waals surface area contributed by atoms with E-state index in [1.54, 1.807) is 12.1 Å². The van der Waals surface area contributed by atoms with Gasteiger partial charge in [-0.05, 0) is 43.3 Å². The Balaban J connectivity index is 2.05. The highest BCUT2D eigenvalue weighted by atomic mass is 35.5. The molecule has 2 aromatic carbocycles. The second-order valence-corrected chi connectivity index (χ2v) is 5.37. The number of amides is 1. The van der Waals surface area contributed by atoms with Crippen molar-refractivity contribution < 1.29 is 24.2 Å². The predicted molar refractivity (Wildman–Crippen MR) is 89.6 cm³/mol. The molecule has 2 aromatic rings. The maximum absolute atomic E-state index is 12.2. The molecule has 0 fully saturated rings. The van der Waals surface area contributed by atoms with E-state index in [1.165, 1.54) is 44.4 Å². The summed E-state index contributed by atoms with van der Waals surface area (Å²) in [6, 6.07) is 10.4. The fraction of sp³-hybridized carbons (Fsp3) is 0.176. The van der Waals surface area contributed by atoms with Crippen LogP contribution in [0.3, 0.4) is 0 Å². The Hall–Kier alpha value is -2.73. The van der Waals surface area contributed by atoms with Crippen LogP contribution < -0.4 is 10.1 Å². The lowest BCUT2D eigenvalue weighted by Gasteiger charge is -2.15. The standard InChI is InChI=1S/C17H16ClNO5/c1-10(24-17(22)11-4-3-5-13(20)8-11)16(21)19-14-9-12(18)6-7-15(14)23-2/h3-10,20H,1-2H3,(H,19,21)/t10-/m0/s1. The van der Waals surface area contributed by atoms with E-state index < -0.39 is 18.0 Å². The van der Waals surface area contributed by atoms with Crippen LogP contribution in [0.15, 0.2) is 42.5 Å². The molecule has 0 unspecified atom stereocenters.